The first kappa shape index (κ1) is 9.48. The monoisotopic (exact) mass is 252 g/mol. The van der Waals surface area contributed by atoms with E-state index in [-0.39, 0.29) is 4.75 Å². The molecule has 0 saturated carbocycles. The maximum Gasteiger partial charge on any atom is 0.184 e. The van der Waals surface area contributed by atoms with Gasteiger partial charge in [-0.05, 0) is 15.9 Å². The van der Waals surface area contributed by atoms with Crippen LogP contribution in [0, 0.1) is 0 Å². The van der Waals surface area contributed by atoms with Crippen LogP contribution in [0.1, 0.15) is 20.8 Å². The largest absolute Gasteiger partial charge is 0.184 e. The van der Waals surface area contributed by atoms with Gasteiger partial charge in [0.1, 0.15) is 0 Å². The Morgan fingerprint density at radius 1 is 1.36 bits per heavy atom. The highest BCUT2D eigenvalue weighted by atomic mass is 79.9. The third-order valence-electron chi connectivity index (χ3n) is 0.775. The fraction of sp³-hybridized carbons (Fsp3) is 0.667. The Labute approximate surface area is 82.9 Å². The van der Waals surface area contributed by atoms with Crippen molar-refractivity contribution >= 4 is 39.0 Å². The fourth-order valence-electron chi connectivity index (χ4n) is 0.496. The molecule has 0 aliphatic carbocycles. The Kier molecular flexibility index (Phi) is 2.94. The lowest BCUT2D eigenvalue weighted by atomic mass is 10.3. The normalized spacial score (nSPS) is 12.0. The van der Waals surface area contributed by atoms with Crippen LogP contribution in [0.4, 0.5) is 0 Å². The van der Waals surface area contributed by atoms with Crippen molar-refractivity contribution in [3.05, 3.63) is 3.92 Å². The molecule has 0 spiro atoms. The lowest BCUT2D eigenvalue weighted by Crippen LogP contribution is -2.06. The predicted octanol–water partition coefficient (Wildman–Crippen LogP) is 3.19. The summed E-state index contributed by atoms with van der Waals surface area (Å²) in [7, 11) is 0. The Bertz CT molecular complexity index is 241. The van der Waals surface area contributed by atoms with E-state index in [9.17, 15) is 0 Å². The first-order valence-corrected chi connectivity index (χ1v) is 5.58. The molecule has 0 saturated heterocycles. The van der Waals surface area contributed by atoms with Crippen LogP contribution in [0.2, 0.25) is 0 Å². The van der Waals surface area contributed by atoms with Gasteiger partial charge in [-0.3, -0.25) is 0 Å². The van der Waals surface area contributed by atoms with Crippen LogP contribution >= 0.6 is 39.0 Å². The summed E-state index contributed by atoms with van der Waals surface area (Å²) in [4.78, 5) is 0. The van der Waals surface area contributed by atoms with E-state index in [2.05, 4.69) is 46.9 Å². The molecule has 1 aromatic rings. The van der Waals surface area contributed by atoms with Crippen molar-refractivity contribution in [2.24, 2.45) is 0 Å². The number of halogens is 1. The van der Waals surface area contributed by atoms with Crippen LogP contribution in [0.25, 0.3) is 0 Å². The maximum atomic E-state index is 3.99. The van der Waals surface area contributed by atoms with Crippen molar-refractivity contribution in [2.45, 2.75) is 29.9 Å². The van der Waals surface area contributed by atoms with Crippen molar-refractivity contribution in [1.82, 2.24) is 10.2 Å². The molecule has 0 amide bonds. The predicted molar refractivity (Wildman–Crippen MR) is 53.2 cm³/mol. The highest BCUT2D eigenvalue weighted by Crippen LogP contribution is 2.34. The smallest absolute Gasteiger partial charge is 0.131 e. The summed E-state index contributed by atoms with van der Waals surface area (Å²) >= 11 is 6.58. The van der Waals surface area contributed by atoms with Gasteiger partial charge in [-0.25, -0.2) is 0 Å². The third kappa shape index (κ3) is 3.53. The lowest BCUT2D eigenvalue weighted by Gasteiger charge is -2.13. The summed E-state index contributed by atoms with van der Waals surface area (Å²) in [5.74, 6) is 0. The fourth-order valence-corrected chi connectivity index (χ4v) is 3.42. The minimum Gasteiger partial charge on any atom is -0.131 e. The van der Waals surface area contributed by atoms with Crippen molar-refractivity contribution in [2.75, 3.05) is 0 Å². The molecule has 0 aliphatic heterocycles. The van der Waals surface area contributed by atoms with Gasteiger partial charge in [0.05, 0.1) is 0 Å². The molecule has 0 N–H and O–H groups in total. The minimum atomic E-state index is 0.221. The minimum absolute atomic E-state index is 0.221. The summed E-state index contributed by atoms with van der Waals surface area (Å²) in [6, 6.07) is 0. The highest BCUT2D eigenvalue weighted by molar-refractivity contribution is 9.11. The van der Waals surface area contributed by atoms with E-state index in [1.165, 1.54) is 0 Å². The molecule has 5 heteroatoms. The van der Waals surface area contributed by atoms with Gasteiger partial charge >= 0.3 is 0 Å². The molecule has 0 fully saturated rings. The zero-order valence-corrected chi connectivity index (χ0v) is 9.81. The molecule has 0 aliphatic rings. The highest BCUT2D eigenvalue weighted by Gasteiger charge is 2.14. The average molecular weight is 253 g/mol. The second-order valence-corrected chi connectivity index (χ2v) is 7.36. The number of hydrogen-bond acceptors (Lipinski definition) is 4. The van der Waals surface area contributed by atoms with Crippen molar-refractivity contribution in [1.29, 1.82) is 0 Å². The van der Waals surface area contributed by atoms with E-state index >= 15 is 0 Å². The molecular formula is C6H9BrN2S2. The quantitative estimate of drug-likeness (QED) is 0.719. The van der Waals surface area contributed by atoms with Crippen molar-refractivity contribution in [3.8, 4) is 0 Å². The zero-order chi connectivity index (χ0) is 8.48. The van der Waals surface area contributed by atoms with E-state index in [0.29, 0.717) is 0 Å². The first-order valence-electron chi connectivity index (χ1n) is 3.15. The van der Waals surface area contributed by atoms with E-state index < -0.39 is 0 Å². The second-order valence-electron chi connectivity index (χ2n) is 3.04. The van der Waals surface area contributed by atoms with Gasteiger partial charge in [-0.15, -0.1) is 10.2 Å². The molecule has 62 valence electrons. The van der Waals surface area contributed by atoms with Crippen LogP contribution < -0.4 is 0 Å². The molecule has 11 heavy (non-hydrogen) atoms. The molecule has 1 aromatic heterocycles. The lowest BCUT2D eigenvalue weighted by molar-refractivity contribution is 0.799. The molecule has 0 aromatic carbocycles. The van der Waals surface area contributed by atoms with E-state index in [0.717, 1.165) is 8.26 Å². The van der Waals surface area contributed by atoms with Gasteiger partial charge in [0.15, 0.2) is 8.26 Å². The molecule has 2 nitrogen and oxygen atoms in total. The molecule has 0 bridgehead atoms. The summed E-state index contributed by atoms with van der Waals surface area (Å²) in [6.07, 6.45) is 0. The molecular weight excluding hydrogens is 244 g/mol. The standard InChI is InChI=1S/C6H9BrN2S2/c1-6(2,3)11-5-9-8-4(7)10-5/h1-3H3. The van der Waals surface area contributed by atoms with Gasteiger partial charge in [0.25, 0.3) is 0 Å². The molecule has 1 heterocycles. The Morgan fingerprint density at radius 3 is 2.36 bits per heavy atom. The van der Waals surface area contributed by atoms with Crippen LogP contribution in [0.5, 0.6) is 0 Å². The summed E-state index contributed by atoms with van der Waals surface area (Å²) in [5, 5.41) is 7.85. The van der Waals surface area contributed by atoms with Crippen molar-refractivity contribution in [3.63, 3.8) is 0 Å². The third-order valence-corrected chi connectivity index (χ3v) is 3.29. The van der Waals surface area contributed by atoms with Gasteiger partial charge < -0.3 is 0 Å². The average Bonchev–Trinajstić information content (AvgIpc) is 2.10. The number of hydrogen-bond donors (Lipinski definition) is 0. The van der Waals surface area contributed by atoms with Crippen LogP contribution in [0.3, 0.4) is 0 Å². The second kappa shape index (κ2) is 3.41. The van der Waals surface area contributed by atoms with Gasteiger partial charge in [-0.1, -0.05) is 43.9 Å². The van der Waals surface area contributed by atoms with E-state index in [1.54, 1.807) is 23.1 Å². The molecule has 0 radical (unpaired) electrons. The van der Waals surface area contributed by atoms with E-state index in [4.69, 9.17) is 0 Å². The van der Waals surface area contributed by atoms with Crippen LogP contribution in [-0.4, -0.2) is 14.9 Å². The van der Waals surface area contributed by atoms with Gasteiger partial charge in [-0.2, -0.15) is 0 Å². The number of aromatic nitrogens is 2. The SMILES string of the molecule is CC(C)(C)Sc1nnc(Br)s1. The van der Waals surface area contributed by atoms with Crippen LogP contribution in [0.15, 0.2) is 8.26 Å². The molecule has 0 atom stereocenters. The topological polar surface area (TPSA) is 25.8 Å². The first-order chi connectivity index (χ1) is 4.97. The number of thioether (sulfide) groups is 1. The zero-order valence-electron chi connectivity index (χ0n) is 6.59. The van der Waals surface area contributed by atoms with E-state index in [1.807, 2.05) is 0 Å². The molecule has 1 rings (SSSR count). The van der Waals surface area contributed by atoms with Crippen LogP contribution in [-0.2, 0) is 0 Å². The summed E-state index contributed by atoms with van der Waals surface area (Å²) in [6.45, 7) is 6.48. The van der Waals surface area contributed by atoms with Gasteiger partial charge in [0, 0.05) is 4.75 Å². The number of rotatable bonds is 1. The summed E-state index contributed by atoms with van der Waals surface area (Å²) in [5.41, 5.74) is 0. The molecule has 0 unspecified atom stereocenters. The Balaban J connectivity index is 2.65. The summed E-state index contributed by atoms with van der Waals surface area (Å²) < 4.78 is 2.09. The maximum absolute atomic E-state index is 3.99. The Hall–Kier alpha value is 0.390. The van der Waals surface area contributed by atoms with Gasteiger partial charge in [0.2, 0.25) is 0 Å². The number of nitrogens with zero attached hydrogens (tertiary/aromatic N) is 2. The van der Waals surface area contributed by atoms with Crippen molar-refractivity contribution < 1.29 is 0 Å². The Morgan fingerprint density at radius 2 is 2.00 bits per heavy atom.